The molecule has 8 heteroatoms. The SMILES string of the molecule is COc1ccc2[nH]cc([C@@H](CC(=O)NC[C@H]3COc4ccccc4O3)c3ccc(C)nc3Cl)c2c1. The Bertz CT molecular complexity index is 1370. The lowest BCUT2D eigenvalue weighted by molar-refractivity contribution is -0.121. The smallest absolute Gasteiger partial charge is 0.221 e. The van der Waals surface area contributed by atoms with E-state index in [9.17, 15) is 4.79 Å². The number of benzene rings is 2. The molecule has 5 rings (SSSR count). The van der Waals surface area contributed by atoms with Crippen LogP contribution in [-0.2, 0) is 4.79 Å². The number of aryl methyl sites for hydroxylation is 1. The van der Waals surface area contributed by atoms with E-state index in [2.05, 4.69) is 15.3 Å². The summed E-state index contributed by atoms with van der Waals surface area (Å²) in [6.07, 6.45) is 1.85. The molecule has 0 bridgehead atoms. The van der Waals surface area contributed by atoms with E-state index in [-0.39, 0.29) is 24.3 Å². The summed E-state index contributed by atoms with van der Waals surface area (Å²) < 4.78 is 17.2. The first-order valence-electron chi connectivity index (χ1n) is 11.4. The molecule has 1 aliphatic heterocycles. The number of fused-ring (bicyclic) bond motifs is 2. The van der Waals surface area contributed by atoms with Gasteiger partial charge in [0, 0.05) is 35.1 Å². The van der Waals surface area contributed by atoms with Crippen LogP contribution in [-0.4, -0.2) is 42.2 Å². The summed E-state index contributed by atoms with van der Waals surface area (Å²) in [4.78, 5) is 20.9. The third-order valence-corrected chi connectivity index (χ3v) is 6.48. The molecule has 2 aromatic carbocycles. The van der Waals surface area contributed by atoms with Crippen LogP contribution in [0.4, 0.5) is 0 Å². The molecule has 0 fully saturated rings. The number of aromatic amines is 1. The van der Waals surface area contributed by atoms with Crippen molar-refractivity contribution in [1.29, 1.82) is 0 Å². The first-order chi connectivity index (χ1) is 17.0. The maximum absolute atomic E-state index is 13.1. The first-order valence-corrected chi connectivity index (χ1v) is 11.8. The van der Waals surface area contributed by atoms with E-state index in [1.807, 2.05) is 67.7 Å². The highest BCUT2D eigenvalue weighted by Crippen LogP contribution is 2.37. The Balaban J connectivity index is 1.37. The van der Waals surface area contributed by atoms with Crippen molar-refractivity contribution in [3.8, 4) is 17.2 Å². The van der Waals surface area contributed by atoms with Crippen LogP contribution >= 0.6 is 11.6 Å². The number of rotatable bonds is 7. The average Bonchev–Trinajstić information content (AvgIpc) is 3.29. The van der Waals surface area contributed by atoms with Crippen LogP contribution in [0.5, 0.6) is 17.2 Å². The average molecular weight is 492 g/mol. The van der Waals surface area contributed by atoms with Crippen molar-refractivity contribution >= 4 is 28.4 Å². The van der Waals surface area contributed by atoms with E-state index in [1.54, 1.807) is 7.11 Å². The number of ether oxygens (including phenoxy) is 3. The number of amides is 1. The molecule has 35 heavy (non-hydrogen) atoms. The number of carbonyl (C=O) groups is 1. The minimum Gasteiger partial charge on any atom is -0.497 e. The number of halogens is 1. The number of para-hydroxylation sites is 2. The van der Waals surface area contributed by atoms with Crippen LogP contribution < -0.4 is 19.5 Å². The molecule has 0 saturated carbocycles. The van der Waals surface area contributed by atoms with Gasteiger partial charge in [0.25, 0.3) is 0 Å². The zero-order chi connectivity index (χ0) is 24.4. The van der Waals surface area contributed by atoms with Crippen LogP contribution in [0.1, 0.15) is 29.2 Å². The highest BCUT2D eigenvalue weighted by molar-refractivity contribution is 6.30. The van der Waals surface area contributed by atoms with E-state index in [0.29, 0.717) is 29.8 Å². The third-order valence-electron chi connectivity index (χ3n) is 6.17. The van der Waals surface area contributed by atoms with Crippen molar-refractivity contribution < 1.29 is 19.0 Å². The van der Waals surface area contributed by atoms with Crippen molar-refractivity contribution in [2.24, 2.45) is 0 Å². The Labute approximate surface area is 208 Å². The lowest BCUT2D eigenvalue weighted by Crippen LogP contribution is -2.41. The zero-order valence-electron chi connectivity index (χ0n) is 19.5. The van der Waals surface area contributed by atoms with Crippen LogP contribution in [0, 0.1) is 6.92 Å². The fourth-order valence-electron chi connectivity index (χ4n) is 4.37. The van der Waals surface area contributed by atoms with Crippen molar-refractivity contribution in [1.82, 2.24) is 15.3 Å². The molecule has 1 amide bonds. The van der Waals surface area contributed by atoms with Gasteiger partial charge < -0.3 is 24.5 Å². The lowest BCUT2D eigenvalue weighted by Gasteiger charge is -2.27. The van der Waals surface area contributed by atoms with Gasteiger partial charge in [-0.2, -0.15) is 0 Å². The van der Waals surface area contributed by atoms with Crippen LogP contribution in [0.25, 0.3) is 10.9 Å². The molecule has 2 atom stereocenters. The highest BCUT2D eigenvalue weighted by Gasteiger charge is 2.26. The second-order valence-corrected chi connectivity index (χ2v) is 8.90. The maximum atomic E-state index is 13.1. The van der Waals surface area contributed by atoms with Gasteiger partial charge in [0.05, 0.1) is 13.7 Å². The van der Waals surface area contributed by atoms with Gasteiger partial charge in [-0.15, -0.1) is 0 Å². The van der Waals surface area contributed by atoms with Gasteiger partial charge in [-0.25, -0.2) is 4.98 Å². The minimum atomic E-state index is -0.305. The van der Waals surface area contributed by atoms with Crippen molar-refractivity contribution in [2.45, 2.75) is 25.4 Å². The molecule has 7 nitrogen and oxygen atoms in total. The van der Waals surface area contributed by atoms with Gasteiger partial charge >= 0.3 is 0 Å². The summed E-state index contributed by atoms with van der Waals surface area (Å²) in [6, 6.07) is 17.2. The summed E-state index contributed by atoms with van der Waals surface area (Å²) in [6.45, 7) is 2.59. The Kier molecular flexibility index (Phi) is 6.51. The summed E-state index contributed by atoms with van der Waals surface area (Å²) in [5.74, 6) is 1.71. The van der Waals surface area contributed by atoms with E-state index in [1.165, 1.54) is 0 Å². The largest absolute Gasteiger partial charge is 0.497 e. The Morgan fingerprint density at radius 1 is 1.20 bits per heavy atom. The molecule has 0 aliphatic carbocycles. The standard InChI is InChI=1S/C27H26ClN3O4/c1-16-7-9-19(27(28)31-16)20(22-14-29-23-10-8-17(33-2)11-21(22)23)12-26(32)30-13-18-15-34-24-5-3-4-6-25(24)35-18/h3-11,14,18,20,29H,12-13,15H2,1-2H3,(H,30,32)/t18-,20-/m0/s1. The molecule has 0 spiro atoms. The minimum absolute atomic E-state index is 0.119. The first kappa shape index (κ1) is 23.1. The van der Waals surface area contributed by atoms with Gasteiger partial charge in [-0.05, 0) is 54.4 Å². The highest BCUT2D eigenvalue weighted by atomic mass is 35.5. The zero-order valence-corrected chi connectivity index (χ0v) is 20.3. The summed E-state index contributed by atoms with van der Waals surface area (Å²) in [7, 11) is 1.63. The van der Waals surface area contributed by atoms with Gasteiger partial charge in [0.15, 0.2) is 11.5 Å². The third kappa shape index (κ3) is 4.91. The summed E-state index contributed by atoms with van der Waals surface area (Å²) in [5.41, 5.74) is 3.51. The molecule has 3 heterocycles. The maximum Gasteiger partial charge on any atom is 0.221 e. The molecule has 0 saturated heterocycles. The van der Waals surface area contributed by atoms with E-state index in [4.69, 9.17) is 25.8 Å². The van der Waals surface area contributed by atoms with Crippen molar-refractivity contribution in [3.05, 3.63) is 82.8 Å². The second kappa shape index (κ2) is 9.88. The normalized spacial score (nSPS) is 15.6. The summed E-state index contributed by atoms with van der Waals surface area (Å²) >= 11 is 6.57. The molecular formula is C27H26ClN3O4. The van der Waals surface area contributed by atoms with E-state index >= 15 is 0 Å². The molecule has 0 radical (unpaired) electrons. The Hall–Kier alpha value is -3.71. The van der Waals surface area contributed by atoms with Crippen molar-refractivity contribution in [2.75, 3.05) is 20.3 Å². The van der Waals surface area contributed by atoms with Gasteiger partial charge in [-0.3, -0.25) is 4.79 Å². The van der Waals surface area contributed by atoms with E-state index in [0.717, 1.165) is 33.5 Å². The molecule has 1 aliphatic rings. The molecule has 4 aromatic rings. The molecular weight excluding hydrogens is 466 g/mol. The number of methoxy groups -OCH3 is 1. The number of hydrogen-bond donors (Lipinski definition) is 2. The molecule has 0 unspecified atom stereocenters. The predicted octanol–water partition coefficient (Wildman–Crippen LogP) is 5.01. The molecule has 2 aromatic heterocycles. The molecule has 2 N–H and O–H groups in total. The quantitative estimate of drug-likeness (QED) is 0.355. The number of H-pyrrole nitrogens is 1. The number of pyridine rings is 1. The van der Waals surface area contributed by atoms with Crippen LogP contribution in [0.15, 0.2) is 60.8 Å². The topological polar surface area (TPSA) is 85.5 Å². The number of carbonyl (C=O) groups excluding carboxylic acids is 1. The predicted molar refractivity (Wildman–Crippen MR) is 135 cm³/mol. The fourth-order valence-corrected chi connectivity index (χ4v) is 4.70. The Morgan fingerprint density at radius 3 is 2.83 bits per heavy atom. The van der Waals surface area contributed by atoms with Gasteiger partial charge in [-0.1, -0.05) is 29.8 Å². The van der Waals surface area contributed by atoms with Crippen molar-refractivity contribution in [3.63, 3.8) is 0 Å². The van der Waals surface area contributed by atoms with Crippen LogP contribution in [0.3, 0.4) is 0 Å². The number of nitrogens with one attached hydrogen (secondary N) is 2. The fraction of sp³-hybridized carbons (Fsp3) is 0.259. The van der Waals surface area contributed by atoms with Gasteiger partial charge in [0.1, 0.15) is 23.6 Å². The van der Waals surface area contributed by atoms with Gasteiger partial charge in [0.2, 0.25) is 5.91 Å². The Morgan fingerprint density at radius 2 is 2.03 bits per heavy atom. The van der Waals surface area contributed by atoms with Crippen LogP contribution in [0.2, 0.25) is 5.15 Å². The monoisotopic (exact) mass is 491 g/mol. The number of hydrogen-bond acceptors (Lipinski definition) is 5. The van der Waals surface area contributed by atoms with E-state index < -0.39 is 0 Å². The molecule has 180 valence electrons. The second-order valence-electron chi connectivity index (χ2n) is 8.55. The summed E-state index contributed by atoms with van der Waals surface area (Å²) in [5, 5.41) is 4.37. The number of nitrogens with zero attached hydrogens (tertiary/aromatic N) is 1. The lowest BCUT2D eigenvalue weighted by atomic mass is 9.88. The number of aromatic nitrogens is 2.